The summed E-state index contributed by atoms with van der Waals surface area (Å²) in [6, 6.07) is 14.4. The number of rotatable bonds is 8. The number of hydrogen-bond acceptors (Lipinski definition) is 9. The maximum Gasteiger partial charge on any atom is 0.338 e. The van der Waals surface area contributed by atoms with Gasteiger partial charge in [-0.2, -0.15) is 0 Å². The molecule has 0 saturated carbocycles. The highest BCUT2D eigenvalue weighted by molar-refractivity contribution is 8.16. The fraction of sp³-hybridized carbons (Fsp3) is 0.345. The van der Waals surface area contributed by atoms with Crippen LogP contribution in [-0.4, -0.2) is 67.4 Å². The van der Waals surface area contributed by atoms with E-state index in [0.29, 0.717) is 59.8 Å². The van der Waals surface area contributed by atoms with Crippen LogP contribution in [0.1, 0.15) is 30.5 Å². The van der Waals surface area contributed by atoms with Crippen molar-refractivity contribution in [1.29, 1.82) is 0 Å². The first-order chi connectivity index (χ1) is 19.0. The number of hydrogen-bond donors (Lipinski definition) is 0. The molecule has 1 amide bonds. The number of morpholine rings is 1. The van der Waals surface area contributed by atoms with Crippen LogP contribution in [0.3, 0.4) is 0 Å². The second kappa shape index (κ2) is 12.0. The third-order valence-corrected chi connectivity index (χ3v) is 7.75. The molecule has 39 heavy (non-hydrogen) atoms. The van der Waals surface area contributed by atoms with Crippen molar-refractivity contribution < 1.29 is 28.5 Å². The second-order valence-corrected chi connectivity index (χ2v) is 10.1. The average molecular weight is 550 g/mol. The van der Waals surface area contributed by atoms with Crippen molar-refractivity contribution >= 4 is 28.8 Å². The van der Waals surface area contributed by atoms with Crippen molar-refractivity contribution in [2.75, 3.05) is 40.5 Å². The summed E-state index contributed by atoms with van der Waals surface area (Å²) < 4.78 is 22.5. The number of thioether (sulfide) groups is 1. The van der Waals surface area contributed by atoms with Gasteiger partial charge in [0.1, 0.15) is 18.1 Å². The monoisotopic (exact) mass is 549 g/mol. The average Bonchev–Trinajstić information content (AvgIpc) is 3.37. The summed E-state index contributed by atoms with van der Waals surface area (Å²) in [7, 11) is 3.18. The highest BCUT2D eigenvalue weighted by Gasteiger charge is 2.43. The van der Waals surface area contributed by atoms with Crippen LogP contribution in [-0.2, 0) is 25.7 Å². The van der Waals surface area contributed by atoms with Crippen molar-refractivity contribution in [3.05, 3.63) is 82.0 Å². The minimum atomic E-state index is -0.635. The molecule has 0 radical (unpaired) electrons. The van der Waals surface area contributed by atoms with E-state index < -0.39 is 12.0 Å². The van der Waals surface area contributed by atoms with E-state index in [9.17, 15) is 9.59 Å². The molecule has 1 atom stereocenters. The minimum absolute atomic E-state index is 0.00207. The Bertz CT molecular complexity index is 1330. The lowest BCUT2D eigenvalue weighted by Gasteiger charge is -2.37. The molecule has 2 aromatic rings. The first-order valence-corrected chi connectivity index (χ1v) is 13.6. The summed E-state index contributed by atoms with van der Waals surface area (Å²) in [5.41, 5.74) is 3.28. The number of aliphatic imine (C=N–C) groups is 1. The summed E-state index contributed by atoms with van der Waals surface area (Å²) in [4.78, 5) is 35.5. The summed E-state index contributed by atoms with van der Waals surface area (Å²) in [5, 5.41) is 2.62. The van der Waals surface area contributed by atoms with Crippen molar-refractivity contribution in [1.82, 2.24) is 9.80 Å². The Balaban J connectivity index is 1.52. The predicted octanol–water partition coefficient (Wildman–Crippen LogP) is 4.27. The predicted molar refractivity (Wildman–Crippen MR) is 148 cm³/mol. The molecule has 0 unspecified atom stereocenters. The number of amidine groups is 1. The number of allylic oxidation sites excluding steroid dienone is 1. The number of carbonyl (C=O) groups is 2. The van der Waals surface area contributed by atoms with Crippen molar-refractivity contribution in [2.24, 2.45) is 4.99 Å². The van der Waals surface area contributed by atoms with Crippen LogP contribution in [0.5, 0.6) is 11.5 Å². The van der Waals surface area contributed by atoms with Gasteiger partial charge in [-0.15, -0.1) is 0 Å². The number of ether oxygens (including phenoxy) is 4. The van der Waals surface area contributed by atoms with Gasteiger partial charge in [-0.1, -0.05) is 42.1 Å². The molecule has 204 valence electrons. The van der Waals surface area contributed by atoms with Crippen LogP contribution in [0.25, 0.3) is 0 Å². The summed E-state index contributed by atoms with van der Waals surface area (Å²) in [5.74, 6) is 0.720. The standard InChI is InChI=1S/C29H31N3O6S/c1-19-26(28(34)38-17-20-7-5-4-6-8-20)27(23-16-22(35-2)9-10-24(23)36-3)32-21(18-39-29(32)30-19)15-25(33)31-11-13-37-14-12-31/h4-10,16,18,27H,11-15,17H2,1-3H3/t27-/m0/s1. The molecule has 3 aliphatic rings. The van der Waals surface area contributed by atoms with Gasteiger partial charge in [0.2, 0.25) is 5.91 Å². The maximum atomic E-state index is 13.7. The zero-order chi connectivity index (χ0) is 27.4. The number of fused-ring (bicyclic) bond motifs is 1. The molecule has 10 heteroatoms. The Morgan fingerprint density at radius 3 is 2.56 bits per heavy atom. The van der Waals surface area contributed by atoms with E-state index >= 15 is 0 Å². The first-order valence-electron chi connectivity index (χ1n) is 12.7. The zero-order valence-corrected chi connectivity index (χ0v) is 23.0. The molecule has 0 N–H and O–H groups in total. The summed E-state index contributed by atoms with van der Waals surface area (Å²) in [6.07, 6.45) is 0.167. The van der Waals surface area contributed by atoms with Crippen LogP contribution in [0.15, 0.2) is 75.9 Å². The Kier molecular flexibility index (Phi) is 8.23. The van der Waals surface area contributed by atoms with Crippen LogP contribution in [0, 0.1) is 0 Å². The molecule has 0 bridgehead atoms. The molecule has 3 heterocycles. The summed E-state index contributed by atoms with van der Waals surface area (Å²) >= 11 is 1.43. The lowest BCUT2D eigenvalue weighted by atomic mass is 9.92. The quantitative estimate of drug-likeness (QED) is 0.451. The SMILES string of the molecule is COc1ccc(OC)c([C@H]2C(C(=O)OCc3ccccc3)=C(C)N=C3SC=C(CC(=O)N4CCOCC4)N32)c1. The number of esters is 1. The van der Waals surface area contributed by atoms with Crippen molar-refractivity contribution in [3.63, 3.8) is 0 Å². The van der Waals surface area contributed by atoms with Gasteiger partial charge in [0.15, 0.2) is 5.17 Å². The number of carbonyl (C=O) groups excluding carboxylic acids is 2. The normalized spacial score (nSPS) is 18.8. The lowest BCUT2D eigenvalue weighted by Crippen LogP contribution is -2.42. The largest absolute Gasteiger partial charge is 0.497 e. The van der Waals surface area contributed by atoms with Crippen molar-refractivity contribution in [3.8, 4) is 11.5 Å². The van der Waals surface area contributed by atoms with E-state index in [1.165, 1.54) is 11.8 Å². The molecule has 1 fully saturated rings. The molecular weight excluding hydrogens is 518 g/mol. The van der Waals surface area contributed by atoms with Crippen LogP contribution >= 0.6 is 11.8 Å². The number of nitrogens with zero attached hydrogens (tertiary/aromatic N) is 3. The van der Waals surface area contributed by atoms with E-state index in [1.54, 1.807) is 21.1 Å². The van der Waals surface area contributed by atoms with Crippen LogP contribution in [0.2, 0.25) is 0 Å². The third kappa shape index (κ3) is 5.67. The van der Waals surface area contributed by atoms with Gasteiger partial charge >= 0.3 is 5.97 Å². The van der Waals surface area contributed by atoms with E-state index in [4.69, 9.17) is 23.9 Å². The zero-order valence-electron chi connectivity index (χ0n) is 22.2. The second-order valence-electron chi connectivity index (χ2n) is 9.23. The lowest BCUT2D eigenvalue weighted by molar-refractivity contribution is -0.141. The fourth-order valence-electron chi connectivity index (χ4n) is 4.86. The number of methoxy groups -OCH3 is 2. The van der Waals surface area contributed by atoms with Gasteiger partial charge < -0.3 is 28.7 Å². The van der Waals surface area contributed by atoms with Gasteiger partial charge in [0.05, 0.1) is 51.2 Å². The Morgan fingerprint density at radius 2 is 1.85 bits per heavy atom. The molecule has 9 nitrogen and oxygen atoms in total. The molecule has 0 aliphatic carbocycles. The van der Waals surface area contributed by atoms with E-state index in [2.05, 4.69) is 0 Å². The van der Waals surface area contributed by atoms with Crippen LogP contribution in [0.4, 0.5) is 0 Å². The number of amides is 1. The fourth-order valence-corrected chi connectivity index (χ4v) is 5.82. The Morgan fingerprint density at radius 1 is 1.08 bits per heavy atom. The van der Waals surface area contributed by atoms with Gasteiger partial charge in [-0.25, -0.2) is 9.79 Å². The smallest absolute Gasteiger partial charge is 0.338 e. The highest BCUT2D eigenvalue weighted by atomic mass is 32.2. The molecule has 2 aromatic carbocycles. The van der Waals surface area contributed by atoms with E-state index in [-0.39, 0.29) is 18.9 Å². The Labute approximate surface area is 232 Å². The summed E-state index contributed by atoms with van der Waals surface area (Å²) in [6.45, 7) is 4.10. The van der Waals surface area contributed by atoms with Gasteiger partial charge in [-0.05, 0) is 36.1 Å². The topological polar surface area (TPSA) is 89.9 Å². The minimum Gasteiger partial charge on any atom is -0.497 e. The number of benzene rings is 2. The van der Waals surface area contributed by atoms with Crippen LogP contribution < -0.4 is 9.47 Å². The molecule has 0 spiro atoms. The molecular formula is C29H31N3O6S. The highest BCUT2D eigenvalue weighted by Crippen LogP contribution is 2.47. The molecule has 1 saturated heterocycles. The first kappa shape index (κ1) is 26.8. The van der Waals surface area contributed by atoms with Gasteiger partial charge in [-0.3, -0.25) is 4.79 Å². The molecule has 3 aliphatic heterocycles. The van der Waals surface area contributed by atoms with Gasteiger partial charge in [0, 0.05) is 24.4 Å². The Hall–Kier alpha value is -3.76. The van der Waals surface area contributed by atoms with E-state index in [0.717, 1.165) is 11.3 Å². The molecule has 5 rings (SSSR count). The third-order valence-electron chi connectivity index (χ3n) is 6.86. The maximum absolute atomic E-state index is 13.7. The van der Waals surface area contributed by atoms with Gasteiger partial charge in [0.25, 0.3) is 0 Å². The van der Waals surface area contributed by atoms with Crippen molar-refractivity contribution in [2.45, 2.75) is 26.0 Å². The molecule has 0 aromatic heterocycles. The van der Waals surface area contributed by atoms with E-state index in [1.807, 2.05) is 63.7 Å².